The average molecular weight is 407 g/mol. The van der Waals surface area contributed by atoms with Gasteiger partial charge in [-0.3, -0.25) is 4.79 Å². The molecule has 29 heavy (non-hydrogen) atoms. The molecule has 1 aromatic heterocycles. The lowest BCUT2D eigenvalue weighted by Crippen LogP contribution is -2.34. The third-order valence-electron chi connectivity index (χ3n) is 5.19. The van der Waals surface area contributed by atoms with Crippen molar-refractivity contribution in [3.8, 4) is 0 Å². The third kappa shape index (κ3) is 3.61. The molecule has 7 heteroatoms. The third-order valence-corrected chi connectivity index (χ3v) is 5.60. The van der Waals surface area contributed by atoms with Crippen LogP contribution in [0.4, 0.5) is 5.69 Å². The zero-order valence-electron chi connectivity index (χ0n) is 16.3. The number of anilines is 1. The van der Waals surface area contributed by atoms with Crippen LogP contribution in [-0.2, 0) is 24.2 Å². The molecule has 1 N–H and O–H groups in total. The van der Waals surface area contributed by atoms with Crippen LogP contribution in [0.3, 0.4) is 0 Å². The van der Waals surface area contributed by atoms with Gasteiger partial charge in [-0.15, -0.1) is 0 Å². The molecular formula is C22H21N3O3S. The van der Waals surface area contributed by atoms with E-state index in [0.29, 0.717) is 22.8 Å². The number of para-hydroxylation sites is 1. The van der Waals surface area contributed by atoms with Crippen LogP contribution in [0, 0.1) is 0 Å². The molecule has 0 atom stereocenters. The molecule has 0 fully saturated rings. The van der Waals surface area contributed by atoms with Crippen LogP contribution in [0.2, 0.25) is 0 Å². The summed E-state index contributed by atoms with van der Waals surface area (Å²) in [6, 6.07) is 15.0. The Bertz CT molecular complexity index is 1170. The van der Waals surface area contributed by atoms with Gasteiger partial charge in [0.2, 0.25) is 0 Å². The standard InChI is InChI=1S/C22H21N3O3S/c1-24(22(29)23-18-8-6-15(7-9-18)21(27)28-2)13-17-12-16-5-3-4-14-10-11-25(19(14)16)20(17)26/h3-9,12H,10-11,13H2,1-2H3,(H,23,29). The second-order valence-corrected chi connectivity index (χ2v) is 7.47. The Balaban J connectivity index is 1.50. The van der Waals surface area contributed by atoms with Gasteiger partial charge >= 0.3 is 5.97 Å². The number of rotatable bonds is 4. The summed E-state index contributed by atoms with van der Waals surface area (Å²) in [5, 5.41) is 4.71. The van der Waals surface area contributed by atoms with Crippen molar-refractivity contribution in [2.45, 2.75) is 19.5 Å². The van der Waals surface area contributed by atoms with E-state index >= 15 is 0 Å². The van der Waals surface area contributed by atoms with Crippen molar-refractivity contribution in [1.82, 2.24) is 9.47 Å². The second kappa shape index (κ2) is 7.67. The van der Waals surface area contributed by atoms with Gasteiger partial charge in [-0.25, -0.2) is 4.79 Å². The number of carbonyl (C=O) groups excluding carboxylic acids is 1. The summed E-state index contributed by atoms with van der Waals surface area (Å²) >= 11 is 5.49. The van der Waals surface area contributed by atoms with E-state index < -0.39 is 0 Å². The van der Waals surface area contributed by atoms with E-state index in [1.807, 2.05) is 34.7 Å². The van der Waals surface area contributed by atoms with E-state index in [1.54, 1.807) is 24.3 Å². The first-order valence-electron chi connectivity index (χ1n) is 9.33. The van der Waals surface area contributed by atoms with Crippen LogP contribution in [0.15, 0.2) is 53.3 Å². The summed E-state index contributed by atoms with van der Waals surface area (Å²) in [5.41, 5.74) is 4.26. The molecule has 3 aromatic rings. The summed E-state index contributed by atoms with van der Waals surface area (Å²) < 4.78 is 6.57. The molecule has 0 saturated carbocycles. The largest absolute Gasteiger partial charge is 0.465 e. The van der Waals surface area contributed by atoms with Crippen molar-refractivity contribution < 1.29 is 9.53 Å². The van der Waals surface area contributed by atoms with Gasteiger partial charge in [-0.1, -0.05) is 18.2 Å². The molecule has 2 aromatic carbocycles. The van der Waals surface area contributed by atoms with E-state index in [9.17, 15) is 9.59 Å². The number of hydrogen-bond acceptors (Lipinski definition) is 4. The number of nitrogens with one attached hydrogen (secondary N) is 1. The number of thiocarbonyl (C=S) groups is 1. The zero-order valence-corrected chi connectivity index (χ0v) is 17.1. The number of pyridine rings is 1. The summed E-state index contributed by atoms with van der Waals surface area (Å²) in [4.78, 5) is 26.3. The van der Waals surface area contributed by atoms with Crippen LogP contribution in [-0.4, -0.2) is 34.7 Å². The number of ether oxygens (including phenoxy) is 1. The van der Waals surface area contributed by atoms with Gasteiger partial charge in [0, 0.05) is 24.8 Å². The van der Waals surface area contributed by atoms with Crippen LogP contribution < -0.4 is 10.9 Å². The summed E-state index contributed by atoms with van der Waals surface area (Å²) in [5.74, 6) is -0.385. The lowest BCUT2D eigenvalue weighted by molar-refractivity contribution is 0.0601. The predicted molar refractivity (Wildman–Crippen MR) is 117 cm³/mol. The lowest BCUT2D eigenvalue weighted by atomic mass is 10.1. The highest BCUT2D eigenvalue weighted by Crippen LogP contribution is 2.24. The zero-order chi connectivity index (χ0) is 20.5. The second-order valence-electron chi connectivity index (χ2n) is 7.09. The number of benzene rings is 2. The topological polar surface area (TPSA) is 63.6 Å². The first-order chi connectivity index (χ1) is 14.0. The molecule has 0 spiro atoms. The monoisotopic (exact) mass is 407 g/mol. The molecule has 0 bridgehead atoms. The number of aryl methyl sites for hydroxylation is 2. The van der Waals surface area contributed by atoms with Crippen molar-refractivity contribution in [2.75, 3.05) is 19.5 Å². The SMILES string of the molecule is COC(=O)c1ccc(NC(=S)N(C)Cc2cc3cccc4c3n(c2=O)CC4)cc1. The normalized spacial score (nSPS) is 12.1. The molecule has 1 aliphatic rings. The Labute approximate surface area is 173 Å². The Morgan fingerprint density at radius 1 is 1.24 bits per heavy atom. The fourth-order valence-corrected chi connectivity index (χ4v) is 3.88. The van der Waals surface area contributed by atoms with Gasteiger partial charge in [-0.05, 0) is 59.9 Å². The number of aromatic nitrogens is 1. The Hall–Kier alpha value is -3.19. The van der Waals surface area contributed by atoms with Crippen molar-refractivity contribution in [2.24, 2.45) is 0 Å². The Morgan fingerprint density at radius 3 is 2.72 bits per heavy atom. The van der Waals surface area contributed by atoms with E-state index in [1.165, 1.54) is 12.7 Å². The van der Waals surface area contributed by atoms with Gasteiger partial charge < -0.3 is 19.5 Å². The highest BCUT2D eigenvalue weighted by atomic mass is 32.1. The maximum atomic E-state index is 12.9. The number of methoxy groups -OCH3 is 1. The van der Waals surface area contributed by atoms with Crippen LogP contribution in [0.5, 0.6) is 0 Å². The number of hydrogen-bond donors (Lipinski definition) is 1. The summed E-state index contributed by atoms with van der Waals surface area (Å²) in [6.45, 7) is 1.13. The molecule has 6 nitrogen and oxygen atoms in total. The van der Waals surface area contributed by atoms with Crippen LogP contribution in [0.25, 0.3) is 10.9 Å². The van der Waals surface area contributed by atoms with Gasteiger partial charge in [0.15, 0.2) is 5.11 Å². The average Bonchev–Trinajstić information content (AvgIpc) is 3.17. The maximum absolute atomic E-state index is 12.9. The minimum atomic E-state index is -0.385. The van der Waals surface area contributed by atoms with Gasteiger partial charge in [0.1, 0.15) is 0 Å². The molecule has 0 saturated heterocycles. The van der Waals surface area contributed by atoms with E-state index in [0.717, 1.165) is 29.6 Å². The molecule has 0 amide bonds. The fraction of sp³-hybridized carbons (Fsp3) is 0.227. The molecule has 148 valence electrons. The molecule has 1 aliphatic heterocycles. The summed E-state index contributed by atoms with van der Waals surface area (Å²) in [7, 11) is 3.20. The molecular weight excluding hydrogens is 386 g/mol. The van der Waals surface area contributed by atoms with Crippen molar-refractivity contribution >= 4 is 39.9 Å². The van der Waals surface area contributed by atoms with Gasteiger partial charge in [-0.2, -0.15) is 0 Å². The first kappa shape index (κ1) is 19.1. The van der Waals surface area contributed by atoms with Crippen LogP contribution in [0.1, 0.15) is 21.5 Å². The van der Waals surface area contributed by atoms with Crippen molar-refractivity contribution in [3.05, 3.63) is 75.6 Å². The van der Waals surface area contributed by atoms with Gasteiger partial charge in [0.25, 0.3) is 5.56 Å². The van der Waals surface area contributed by atoms with Crippen LogP contribution >= 0.6 is 12.2 Å². The van der Waals surface area contributed by atoms with E-state index in [2.05, 4.69) is 11.4 Å². The molecule has 2 heterocycles. The number of carbonyl (C=O) groups is 1. The Kier molecular flexibility index (Phi) is 5.07. The molecule has 0 unspecified atom stereocenters. The minimum absolute atomic E-state index is 0.0412. The number of esters is 1. The lowest BCUT2D eigenvalue weighted by Gasteiger charge is -2.21. The fourth-order valence-electron chi connectivity index (χ4n) is 3.70. The van der Waals surface area contributed by atoms with Gasteiger partial charge in [0.05, 0.1) is 24.7 Å². The highest BCUT2D eigenvalue weighted by molar-refractivity contribution is 7.80. The van der Waals surface area contributed by atoms with Crippen molar-refractivity contribution in [1.29, 1.82) is 0 Å². The maximum Gasteiger partial charge on any atom is 0.337 e. The highest BCUT2D eigenvalue weighted by Gasteiger charge is 2.18. The van der Waals surface area contributed by atoms with E-state index in [4.69, 9.17) is 17.0 Å². The summed E-state index contributed by atoms with van der Waals surface area (Å²) in [6.07, 6.45) is 0.896. The first-order valence-corrected chi connectivity index (χ1v) is 9.73. The molecule has 0 aliphatic carbocycles. The number of nitrogens with zero attached hydrogens (tertiary/aromatic N) is 2. The molecule has 4 rings (SSSR count). The minimum Gasteiger partial charge on any atom is -0.465 e. The Morgan fingerprint density at radius 2 is 2.00 bits per heavy atom. The van der Waals surface area contributed by atoms with E-state index in [-0.39, 0.29) is 11.5 Å². The van der Waals surface area contributed by atoms with Crippen molar-refractivity contribution in [3.63, 3.8) is 0 Å². The molecule has 0 radical (unpaired) electrons. The smallest absolute Gasteiger partial charge is 0.337 e. The quantitative estimate of drug-likeness (QED) is 0.529. The predicted octanol–water partition coefficient (Wildman–Crippen LogP) is 3.17.